The van der Waals surface area contributed by atoms with Crippen molar-refractivity contribution in [1.29, 1.82) is 0 Å². The predicted octanol–water partition coefficient (Wildman–Crippen LogP) is 2.99. The van der Waals surface area contributed by atoms with E-state index in [0.717, 1.165) is 44.1 Å². The number of nitrogen functional groups attached to an aromatic ring is 1. The molecule has 1 aromatic carbocycles. The Balaban J connectivity index is 0.000000943. The molecule has 1 fully saturated rings. The highest BCUT2D eigenvalue weighted by molar-refractivity contribution is 8.00. The van der Waals surface area contributed by atoms with Crippen LogP contribution in [0.2, 0.25) is 0 Å². The van der Waals surface area contributed by atoms with Crippen LogP contribution in [0.1, 0.15) is 22.9 Å². The summed E-state index contributed by atoms with van der Waals surface area (Å²) in [5.74, 6) is -5.19. The SMILES string of the molecule is F[B-](F)(F)F.Nc1nc(/C(=N/OC(C(=O)O)c2ccc(O)c(O)c2)C(=O)NC2C(=O)N3C(C(=O)O)=C(Cc4c[nH+]c5sccc5c4)CSC23)cs1. The molecule has 4 aromatic rings. The molecule has 2 aliphatic heterocycles. The number of phenols is 2. The van der Waals surface area contributed by atoms with Gasteiger partial charge in [0, 0.05) is 28.7 Å². The van der Waals surface area contributed by atoms with Gasteiger partial charge in [-0.2, -0.15) is 0 Å². The Morgan fingerprint density at radius 3 is 2.49 bits per heavy atom. The van der Waals surface area contributed by atoms with Crippen LogP contribution in [-0.4, -0.2) is 84.2 Å². The average molecular weight is 771 g/mol. The van der Waals surface area contributed by atoms with Crippen LogP contribution >= 0.6 is 34.4 Å². The molecule has 3 atom stereocenters. The number of hydrogen-bond donors (Lipinski definition) is 6. The average Bonchev–Trinajstić information content (AvgIpc) is 3.70. The number of nitrogens with one attached hydrogen (secondary N) is 2. The number of H-pyrrole nitrogens is 1. The molecule has 0 aliphatic carbocycles. The van der Waals surface area contributed by atoms with Crippen LogP contribution in [0.25, 0.3) is 10.2 Å². The highest BCUT2D eigenvalue weighted by atomic mass is 32.2. The monoisotopic (exact) mass is 770 g/mol. The molecule has 1 saturated heterocycles. The van der Waals surface area contributed by atoms with Crippen molar-refractivity contribution >= 4 is 86.5 Å². The molecule has 6 rings (SSSR count). The van der Waals surface area contributed by atoms with Crippen molar-refractivity contribution in [3.8, 4) is 11.5 Å². The number of thiophene rings is 1. The number of amides is 2. The third-order valence-electron chi connectivity index (χ3n) is 7.13. The van der Waals surface area contributed by atoms with Gasteiger partial charge in [-0.25, -0.2) is 19.6 Å². The lowest BCUT2D eigenvalue weighted by atomic mass is 9.99. The van der Waals surface area contributed by atoms with E-state index in [9.17, 15) is 56.9 Å². The zero-order chi connectivity index (χ0) is 37.2. The normalized spacial score (nSPS) is 17.9. The number of rotatable bonds is 10. The van der Waals surface area contributed by atoms with Crippen molar-refractivity contribution in [1.82, 2.24) is 15.2 Å². The maximum absolute atomic E-state index is 13.5. The first kappa shape index (κ1) is 36.9. The van der Waals surface area contributed by atoms with Crippen molar-refractivity contribution in [2.75, 3.05) is 11.5 Å². The summed E-state index contributed by atoms with van der Waals surface area (Å²) in [4.78, 5) is 65.7. The Hall–Kier alpha value is -5.42. The zero-order valence-corrected chi connectivity index (χ0v) is 27.8. The number of carboxylic acid groups (broad SMARTS) is 2. The molecule has 0 radical (unpaired) electrons. The molecule has 2 aliphatic rings. The number of halogens is 4. The number of nitrogens with zero attached hydrogens (tertiary/aromatic N) is 3. The van der Waals surface area contributed by atoms with Gasteiger partial charge in [0.05, 0.1) is 5.39 Å². The molecule has 3 aromatic heterocycles. The minimum Gasteiger partial charge on any atom is -0.504 e. The summed E-state index contributed by atoms with van der Waals surface area (Å²) < 4.78 is 39.0. The molecule has 0 bridgehead atoms. The molecule has 0 spiro atoms. The number of pyridine rings is 1. The Morgan fingerprint density at radius 2 is 1.86 bits per heavy atom. The first-order valence-electron chi connectivity index (χ1n) is 14.2. The van der Waals surface area contributed by atoms with Gasteiger partial charge in [0.15, 0.2) is 28.5 Å². The fourth-order valence-electron chi connectivity index (χ4n) is 4.99. The Kier molecular flexibility index (Phi) is 10.7. The fraction of sp³-hybridized carbons (Fsp3) is 0.179. The van der Waals surface area contributed by atoms with Gasteiger partial charge in [-0.1, -0.05) is 22.6 Å². The van der Waals surface area contributed by atoms with Crippen LogP contribution in [0.15, 0.2) is 63.7 Å². The van der Waals surface area contributed by atoms with Crippen molar-refractivity contribution in [3.05, 3.63) is 75.4 Å². The Morgan fingerprint density at radius 1 is 1.14 bits per heavy atom. The number of aromatic nitrogens is 2. The molecule has 15 nitrogen and oxygen atoms in total. The van der Waals surface area contributed by atoms with Gasteiger partial charge in [0.25, 0.3) is 16.6 Å². The van der Waals surface area contributed by atoms with Crippen LogP contribution in [0.4, 0.5) is 22.4 Å². The van der Waals surface area contributed by atoms with Crippen molar-refractivity contribution in [2.24, 2.45) is 5.16 Å². The summed E-state index contributed by atoms with van der Waals surface area (Å²) in [6, 6.07) is 5.99. The van der Waals surface area contributed by atoms with Crippen LogP contribution in [-0.2, 0) is 30.4 Å². The minimum atomic E-state index is -6.00. The van der Waals surface area contributed by atoms with Gasteiger partial charge < -0.3 is 53.6 Å². The molecule has 51 heavy (non-hydrogen) atoms. The van der Waals surface area contributed by atoms with E-state index in [0.29, 0.717) is 12.0 Å². The Labute approximate surface area is 295 Å². The van der Waals surface area contributed by atoms with E-state index in [2.05, 4.69) is 20.4 Å². The summed E-state index contributed by atoms with van der Waals surface area (Å²) >= 11 is 3.81. The summed E-state index contributed by atoms with van der Waals surface area (Å²) in [6.45, 7) is 0. The highest BCUT2D eigenvalue weighted by Crippen LogP contribution is 2.41. The van der Waals surface area contributed by atoms with Gasteiger partial charge in [0.1, 0.15) is 22.8 Å². The van der Waals surface area contributed by atoms with Crippen LogP contribution in [0, 0.1) is 0 Å². The molecule has 3 unspecified atom stereocenters. The largest absolute Gasteiger partial charge is 0.673 e. The van der Waals surface area contributed by atoms with E-state index in [-0.39, 0.29) is 27.8 Å². The number of benzene rings is 1. The number of thioether (sulfide) groups is 1. The number of carbonyl (C=O) groups excluding carboxylic acids is 2. The van der Waals surface area contributed by atoms with Crippen LogP contribution in [0.3, 0.4) is 0 Å². The lowest BCUT2D eigenvalue weighted by Crippen LogP contribution is -2.71. The summed E-state index contributed by atoms with van der Waals surface area (Å²) in [6.07, 6.45) is 0.295. The van der Waals surface area contributed by atoms with Crippen molar-refractivity contribution < 1.29 is 66.7 Å². The number of aliphatic carboxylic acids is 2. The summed E-state index contributed by atoms with van der Waals surface area (Å²) in [5.41, 5.74) is 6.33. The first-order chi connectivity index (χ1) is 24.0. The van der Waals surface area contributed by atoms with E-state index in [1.165, 1.54) is 23.2 Å². The first-order valence-corrected chi connectivity index (χ1v) is 17.0. The number of hydrogen-bond acceptors (Lipinski definition) is 13. The van der Waals surface area contributed by atoms with Gasteiger partial charge in [-0.15, -0.1) is 23.1 Å². The second-order valence-electron chi connectivity index (χ2n) is 10.6. The number of carbonyl (C=O) groups is 4. The van der Waals surface area contributed by atoms with Gasteiger partial charge in [-0.05, 0) is 35.2 Å². The second-order valence-corrected chi connectivity index (χ2v) is 13.5. The summed E-state index contributed by atoms with van der Waals surface area (Å²) in [7, 11) is -6.00. The number of aromatic amines is 1. The number of nitrogens with two attached hydrogens (primary N) is 1. The molecule has 8 N–H and O–H groups in total. The molecule has 2 amide bonds. The third kappa shape index (κ3) is 8.49. The molecular formula is C28H23BF4N6O9S3. The van der Waals surface area contributed by atoms with Gasteiger partial charge >= 0.3 is 19.2 Å². The quantitative estimate of drug-likeness (QED) is 0.0341. The molecule has 268 valence electrons. The number of oxime groups is 1. The van der Waals surface area contributed by atoms with Crippen molar-refractivity contribution in [2.45, 2.75) is 23.9 Å². The second kappa shape index (κ2) is 14.8. The smallest absolute Gasteiger partial charge is 0.504 e. The number of thiazole rings is 1. The van der Waals surface area contributed by atoms with Crippen LogP contribution < -0.4 is 16.0 Å². The van der Waals surface area contributed by atoms with E-state index >= 15 is 0 Å². The van der Waals surface area contributed by atoms with E-state index in [1.807, 2.05) is 17.5 Å². The number of anilines is 1. The van der Waals surface area contributed by atoms with E-state index in [1.54, 1.807) is 17.5 Å². The highest BCUT2D eigenvalue weighted by Gasteiger charge is 2.54. The number of carboxylic acids is 2. The lowest BCUT2D eigenvalue weighted by molar-refractivity contribution is -0.342. The molecular weight excluding hydrogens is 747 g/mol. The van der Waals surface area contributed by atoms with Gasteiger partial charge in [-0.3, -0.25) is 14.5 Å². The molecule has 23 heteroatoms. The molecule has 0 saturated carbocycles. The minimum absolute atomic E-state index is 0.0644. The number of aromatic hydroxyl groups is 2. The maximum Gasteiger partial charge on any atom is 0.673 e. The fourth-order valence-corrected chi connectivity index (χ4v) is 7.62. The Bertz CT molecular complexity index is 2090. The number of fused-ring (bicyclic) bond motifs is 2. The molecule has 5 heterocycles. The van der Waals surface area contributed by atoms with E-state index in [4.69, 9.17) is 10.6 Å². The third-order valence-corrected chi connectivity index (χ3v) is 10.0. The topological polar surface area (TPSA) is 239 Å². The van der Waals surface area contributed by atoms with E-state index < -0.39 is 65.7 Å². The zero-order valence-electron chi connectivity index (χ0n) is 25.3. The maximum atomic E-state index is 13.5. The van der Waals surface area contributed by atoms with Gasteiger partial charge in [0.2, 0.25) is 6.10 Å². The van der Waals surface area contributed by atoms with Crippen molar-refractivity contribution in [3.63, 3.8) is 0 Å². The number of β-lactam (4-membered cyclic amide) rings is 1. The lowest BCUT2D eigenvalue weighted by Gasteiger charge is -2.49. The standard InChI is InChI=1S/C28H22N6O9S3.BF4/c29-28-31-15(10-46-28)18(33-43-21(27(41)42)12-1-2-16(35)17(36)7-12)22(37)32-19-24(38)34-20(26(39)40)14(9-45-25(19)34)6-11-5-13-3-4-44-23(13)30-8-11;2-1(3,4)5/h1-5,7-8,10,19,21,25,35-36H,6,9H2,(H2,29,31)(H,32,37)(H,39,40)(H,41,42);/q;-1/p+1/b33-18-;. The van der Waals surface area contributed by atoms with Crippen LogP contribution in [0.5, 0.6) is 11.5 Å². The predicted molar refractivity (Wildman–Crippen MR) is 176 cm³/mol. The number of phenolic OH excluding ortho intramolecular Hbond substituents is 2. The summed E-state index contributed by atoms with van der Waals surface area (Å²) in [5, 5.41) is 49.1.